The van der Waals surface area contributed by atoms with Gasteiger partial charge in [0.25, 0.3) is 0 Å². The van der Waals surface area contributed by atoms with Crippen molar-refractivity contribution in [3.05, 3.63) is 23.5 Å². The zero-order valence-electron chi connectivity index (χ0n) is 25.2. The molecular weight excluding hydrogens is 492 g/mol. The summed E-state index contributed by atoms with van der Waals surface area (Å²) in [5, 5.41) is 10.1. The molecule has 6 heteroatoms. The lowest BCUT2D eigenvalue weighted by Crippen LogP contribution is -2.65. The van der Waals surface area contributed by atoms with E-state index in [1.165, 1.54) is 7.11 Å². The molecule has 216 valence electrons. The lowest BCUT2D eigenvalue weighted by molar-refractivity contribution is -0.175. The average Bonchev–Trinajstić information content (AvgIpc) is 2.86. The molecule has 0 amide bonds. The third-order valence-corrected chi connectivity index (χ3v) is 12.7. The highest BCUT2D eigenvalue weighted by molar-refractivity contribution is 6.02. The predicted molar refractivity (Wildman–Crippen MR) is 149 cm³/mol. The second-order valence-corrected chi connectivity index (χ2v) is 15.3. The van der Waals surface area contributed by atoms with Crippen LogP contribution >= 0.6 is 0 Å². The molecule has 5 aliphatic carbocycles. The largest absolute Gasteiger partial charge is 0.515 e. The van der Waals surface area contributed by atoms with Crippen molar-refractivity contribution in [1.82, 2.24) is 0 Å². The van der Waals surface area contributed by atoms with Gasteiger partial charge in [-0.3, -0.25) is 14.4 Å². The minimum atomic E-state index is -0.766. The van der Waals surface area contributed by atoms with E-state index in [-0.39, 0.29) is 70.0 Å². The summed E-state index contributed by atoms with van der Waals surface area (Å²) in [6.45, 7) is 13.6. The van der Waals surface area contributed by atoms with E-state index in [9.17, 15) is 19.5 Å². The highest BCUT2D eigenvalue weighted by atomic mass is 16.5. The molecule has 5 rings (SSSR count). The zero-order valence-corrected chi connectivity index (χ0v) is 25.2. The molecule has 0 aromatic carbocycles. The molecule has 4 saturated carbocycles. The topological polar surface area (TPSA) is 89.9 Å². The van der Waals surface area contributed by atoms with Crippen LogP contribution in [0.3, 0.4) is 0 Å². The predicted octanol–water partition coefficient (Wildman–Crippen LogP) is 6.24. The van der Waals surface area contributed by atoms with Gasteiger partial charge >= 0.3 is 5.97 Å². The standard InChI is InChI=1S/C33H48O6/c1-29(2)15-21-20(22(16-29)28(37)39-8)9-11-33(6)26(21)23(35)13-25-30(3)14-19(17-34)27(36)31(4,18-38-7)24(30)10-12-32(25,33)5/h13,17,20-22,24,26,34H,9-12,14-16,18H2,1-8H3/b19-17-/t20?,21-,22-,24-,26+,30+,31+,32-,33-/m1/s1. The summed E-state index contributed by atoms with van der Waals surface area (Å²) in [6, 6.07) is 0. The van der Waals surface area contributed by atoms with E-state index >= 15 is 0 Å². The second-order valence-electron chi connectivity index (χ2n) is 15.3. The number of carbonyl (C=O) groups is 3. The van der Waals surface area contributed by atoms with Gasteiger partial charge in [-0.2, -0.15) is 0 Å². The van der Waals surface area contributed by atoms with Gasteiger partial charge in [-0.25, -0.2) is 0 Å². The summed E-state index contributed by atoms with van der Waals surface area (Å²) >= 11 is 0. The SMILES string of the molecule is COC[C@]1(C)C(=O)/C(=C\O)C[C@]2(C)C3=CC(=O)[C@@H]4[C@@H]5CC(C)(C)C[C@@H](C(=O)OC)C5CC[C@@]4(C)[C@]3(C)CC[C@@H]12. The van der Waals surface area contributed by atoms with Crippen molar-refractivity contribution >= 4 is 17.5 Å². The Balaban J connectivity index is 1.63. The molecule has 1 unspecified atom stereocenters. The third kappa shape index (κ3) is 3.72. The molecule has 0 heterocycles. The number of fused-ring (bicyclic) bond motifs is 7. The summed E-state index contributed by atoms with van der Waals surface area (Å²) in [7, 11) is 3.11. The molecule has 0 aromatic heterocycles. The van der Waals surface area contributed by atoms with Crippen LogP contribution in [-0.4, -0.2) is 43.5 Å². The van der Waals surface area contributed by atoms with Gasteiger partial charge in [-0.1, -0.05) is 40.2 Å². The Kier molecular flexibility index (Phi) is 6.61. The maximum Gasteiger partial charge on any atom is 0.308 e. The van der Waals surface area contributed by atoms with E-state index in [4.69, 9.17) is 9.47 Å². The number of ether oxygens (including phenoxy) is 2. The fourth-order valence-corrected chi connectivity index (χ4v) is 11.0. The Labute approximate surface area is 234 Å². The minimum Gasteiger partial charge on any atom is -0.515 e. The molecule has 0 radical (unpaired) electrons. The van der Waals surface area contributed by atoms with Crippen molar-refractivity contribution < 1.29 is 29.0 Å². The van der Waals surface area contributed by atoms with E-state index in [2.05, 4.69) is 34.6 Å². The molecule has 5 aliphatic rings. The molecule has 0 bridgehead atoms. The van der Waals surface area contributed by atoms with E-state index in [1.807, 2.05) is 13.0 Å². The first kappa shape index (κ1) is 28.6. The number of hydrogen-bond donors (Lipinski definition) is 1. The minimum absolute atomic E-state index is 0.0158. The molecule has 0 spiro atoms. The van der Waals surface area contributed by atoms with Gasteiger partial charge in [0, 0.05) is 18.6 Å². The van der Waals surface area contributed by atoms with E-state index in [1.54, 1.807) is 7.11 Å². The Bertz CT molecular complexity index is 1150. The number of aliphatic hydroxyl groups is 1. The van der Waals surface area contributed by atoms with Crippen molar-refractivity contribution in [2.75, 3.05) is 20.8 Å². The number of esters is 1. The van der Waals surface area contributed by atoms with Crippen LogP contribution in [0, 0.1) is 56.7 Å². The highest BCUT2D eigenvalue weighted by Crippen LogP contribution is 2.74. The summed E-state index contributed by atoms with van der Waals surface area (Å²) in [5.74, 6) is 0.0355. The second kappa shape index (κ2) is 9.03. The van der Waals surface area contributed by atoms with Crippen LogP contribution in [-0.2, 0) is 23.9 Å². The Hall–Kier alpha value is -1.95. The molecule has 0 aliphatic heterocycles. The molecule has 0 aromatic rings. The van der Waals surface area contributed by atoms with Gasteiger partial charge in [0.15, 0.2) is 11.6 Å². The molecule has 9 atom stereocenters. The molecule has 1 N–H and O–H groups in total. The number of carbonyl (C=O) groups excluding carboxylic acids is 3. The number of methoxy groups -OCH3 is 2. The summed E-state index contributed by atoms with van der Waals surface area (Å²) in [4.78, 5) is 40.9. The van der Waals surface area contributed by atoms with E-state index in [0.29, 0.717) is 12.0 Å². The Morgan fingerprint density at radius 1 is 1.03 bits per heavy atom. The van der Waals surface area contributed by atoms with Crippen LogP contribution in [0.2, 0.25) is 0 Å². The number of aliphatic hydroxyl groups excluding tert-OH is 1. The van der Waals surface area contributed by atoms with Crippen molar-refractivity contribution in [2.45, 2.75) is 86.5 Å². The zero-order chi connectivity index (χ0) is 28.8. The number of rotatable bonds is 3. The number of hydrogen-bond acceptors (Lipinski definition) is 6. The Morgan fingerprint density at radius 2 is 1.72 bits per heavy atom. The van der Waals surface area contributed by atoms with Crippen LogP contribution in [0.1, 0.15) is 86.5 Å². The van der Waals surface area contributed by atoms with Gasteiger partial charge in [0.2, 0.25) is 0 Å². The lowest BCUT2D eigenvalue weighted by Gasteiger charge is -2.68. The highest BCUT2D eigenvalue weighted by Gasteiger charge is 2.69. The summed E-state index contributed by atoms with van der Waals surface area (Å²) in [5.41, 5.74) is -0.140. The smallest absolute Gasteiger partial charge is 0.308 e. The fraction of sp³-hybridized carbons (Fsp3) is 0.788. The van der Waals surface area contributed by atoms with Crippen molar-refractivity contribution in [3.63, 3.8) is 0 Å². The van der Waals surface area contributed by atoms with Crippen molar-refractivity contribution in [2.24, 2.45) is 56.7 Å². The average molecular weight is 541 g/mol. The van der Waals surface area contributed by atoms with Crippen molar-refractivity contribution in [3.8, 4) is 0 Å². The van der Waals surface area contributed by atoms with Crippen LogP contribution < -0.4 is 0 Å². The molecule has 0 saturated heterocycles. The third-order valence-electron chi connectivity index (χ3n) is 12.7. The molecule has 6 nitrogen and oxygen atoms in total. The van der Waals surface area contributed by atoms with Gasteiger partial charge in [-0.15, -0.1) is 0 Å². The van der Waals surface area contributed by atoms with Crippen LogP contribution in [0.15, 0.2) is 23.5 Å². The number of Topliss-reactive ketones (excluding diaryl/α,β-unsaturated/α-hetero) is 1. The van der Waals surface area contributed by atoms with Crippen LogP contribution in [0.4, 0.5) is 0 Å². The first-order valence-electron chi connectivity index (χ1n) is 14.8. The van der Waals surface area contributed by atoms with Gasteiger partial charge in [-0.05, 0) is 97.4 Å². The lowest BCUT2D eigenvalue weighted by atomic mass is 9.34. The van der Waals surface area contributed by atoms with E-state index < -0.39 is 10.8 Å². The quantitative estimate of drug-likeness (QED) is 0.259. The van der Waals surface area contributed by atoms with Gasteiger partial charge in [0.05, 0.1) is 31.3 Å². The maximum atomic E-state index is 14.4. The normalized spacial score (nSPS) is 47.8. The Morgan fingerprint density at radius 3 is 2.33 bits per heavy atom. The first-order chi connectivity index (χ1) is 18.1. The van der Waals surface area contributed by atoms with Crippen LogP contribution in [0.5, 0.6) is 0 Å². The number of allylic oxidation sites excluding steroid dienone is 3. The summed E-state index contributed by atoms with van der Waals surface area (Å²) in [6.07, 6.45) is 8.71. The summed E-state index contributed by atoms with van der Waals surface area (Å²) < 4.78 is 10.9. The fourth-order valence-electron chi connectivity index (χ4n) is 11.0. The molecular formula is C33H48O6. The molecule has 39 heavy (non-hydrogen) atoms. The van der Waals surface area contributed by atoms with E-state index in [0.717, 1.165) is 50.4 Å². The first-order valence-corrected chi connectivity index (χ1v) is 14.8. The van der Waals surface area contributed by atoms with Crippen molar-refractivity contribution in [1.29, 1.82) is 0 Å². The maximum absolute atomic E-state index is 14.4. The van der Waals surface area contributed by atoms with Gasteiger partial charge < -0.3 is 14.6 Å². The van der Waals surface area contributed by atoms with Gasteiger partial charge in [0.1, 0.15) is 0 Å². The van der Waals surface area contributed by atoms with Crippen LogP contribution in [0.25, 0.3) is 0 Å². The monoisotopic (exact) mass is 540 g/mol. The number of ketones is 2. The molecule has 4 fully saturated rings.